The van der Waals surface area contributed by atoms with Crippen LogP contribution in [0.2, 0.25) is 0 Å². The molecule has 0 saturated carbocycles. The first kappa shape index (κ1) is 20.1. The van der Waals surface area contributed by atoms with Crippen molar-refractivity contribution in [3.8, 4) is 0 Å². The molecule has 29 heavy (non-hydrogen) atoms. The summed E-state index contributed by atoms with van der Waals surface area (Å²) in [7, 11) is 0. The Morgan fingerprint density at radius 2 is 1.76 bits per heavy atom. The molecule has 1 heterocycles. The first-order valence-electron chi connectivity index (χ1n) is 8.85. The molecule has 1 aromatic heterocycles. The molecule has 9 heteroatoms. The van der Waals surface area contributed by atoms with Crippen molar-refractivity contribution in [2.45, 2.75) is 20.4 Å². The van der Waals surface area contributed by atoms with Crippen LogP contribution in [0.4, 0.5) is 20.3 Å². The Bertz CT molecular complexity index is 1140. The first-order chi connectivity index (χ1) is 13.8. The summed E-state index contributed by atoms with van der Waals surface area (Å²) in [6.07, 6.45) is 0. The van der Waals surface area contributed by atoms with Gasteiger partial charge in [0.05, 0.1) is 11.0 Å². The third-order valence-electron chi connectivity index (χ3n) is 4.32. The van der Waals surface area contributed by atoms with Crippen LogP contribution in [0.5, 0.6) is 0 Å². The molecule has 2 amide bonds. The van der Waals surface area contributed by atoms with Crippen molar-refractivity contribution in [1.29, 1.82) is 0 Å². The van der Waals surface area contributed by atoms with Crippen molar-refractivity contribution in [2.24, 2.45) is 0 Å². The monoisotopic (exact) mass is 400 g/mol. The number of carbonyl (C=O) groups excluding carboxylic acids is 2. The van der Waals surface area contributed by atoms with Gasteiger partial charge in [0.2, 0.25) is 17.6 Å². The van der Waals surface area contributed by atoms with Gasteiger partial charge in [0.25, 0.3) is 5.56 Å². The fourth-order valence-electron chi connectivity index (χ4n) is 2.97. The van der Waals surface area contributed by atoms with Crippen LogP contribution < -0.4 is 15.8 Å². The van der Waals surface area contributed by atoms with Crippen molar-refractivity contribution in [3.63, 3.8) is 0 Å². The number of anilines is 2. The van der Waals surface area contributed by atoms with E-state index >= 15 is 0 Å². The summed E-state index contributed by atoms with van der Waals surface area (Å²) >= 11 is 0. The van der Waals surface area contributed by atoms with Crippen LogP contribution in [0.25, 0.3) is 11.0 Å². The Labute approximate surface area is 164 Å². The standard InChI is InChI=1S/C20H18F2N4O3/c1-3-25(12(2)27)19-20(29)26(16-10-5-4-9-15(16)23-19)11-17(28)24-18-13(21)7-6-8-14(18)22/h4-10H,3,11H2,1-2H3,(H,24,28). The summed E-state index contributed by atoms with van der Waals surface area (Å²) in [4.78, 5) is 42.8. The lowest BCUT2D eigenvalue weighted by molar-refractivity contribution is -0.117. The Morgan fingerprint density at radius 3 is 2.38 bits per heavy atom. The van der Waals surface area contributed by atoms with Crippen LogP contribution in [0.15, 0.2) is 47.3 Å². The van der Waals surface area contributed by atoms with Crippen LogP contribution >= 0.6 is 0 Å². The lowest BCUT2D eigenvalue weighted by atomic mass is 10.2. The van der Waals surface area contributed by atoms with E-state index in [0.29, 0.717) is 11.0 Å². The van der Waals surface area contributed by atoms with Gasteiger partial charge >= 0.3 is 0 Å². The zero-order chi connectivity index (χ0) is 21.1. The molecule has 2 aromatic carbocycles. The highest BCUT2D eigenvalue weighted by atomic mass is 19.1. The van der Waals surface area contributed by atoms with Crippen LogP contribution in [-0.4, -0.2) is 27.9 Å². The van der Waals surface area contributed by atoms with Crippen molar-refractivity contribution in [1.82, 2.24) is 9.55 Å². The van der Waals surface area contributed by atoms with Gasteiger partial charge in [-0.2, -0.15) is 0 Å². The Morgan fingerprint density at radius 1 is 1.10 bits per heavy atom. The van der Waals surface area contributed by atoms with E-state index in [4.69, 9.17) is 0 Å². The van der Waals surface area contributed by atoms with Gasteiger partial charge in [-0.1, -0.05) is 18.2 Å². The number of carbonyl (C=O) groups is 2. The van der Waals surface area contributed by atoms with Gasteiger partial charge < -0.3 is 5.32 Å². The number of nitrogens with one attached hydrogen (secondary N) is 1. The smallest absolute Gasteiger partial charge is 0.294 e. The third-order valence-corrected chi connectivity index (χ3v) is 4.32. The van der Waals surface area contributed by atoms with Gasteiger partial charge in [-0.05, 0) is 31.2 Å². The Kier molecular flexibility index (Phi) is 5.67. The molecule has 0 aliphatic heterocycles. The number of amides is 2. The molecule has 0 atom stereocenters. The average Bonchev–Trinajstić information content (AvgIpc) is 2.68. The lowest BCUT2D eigenvalue weighted by Crippen LogP contribution is -2.38. The van der Waals surface area contributed by atoms with E-state index in [9.17, 15) is 23.2 Å². The second kappa shape index (κ2) is 8.17. The highest BCUT2D eigenvalue weighted by molar-refractivity contribution is 5.93. The zero-order valence-electron chi connectivity index (χ0n) is 15.8. The molecule has 3 rings (SSSR count). The van der Waals surface area contributed by atoms with Gasteiger partial charge in [0.1, 0.15) is 23.9 Å². The Balaban J connectivity index is 2.06. The molecular formula is C20H18F2N4O3. The number of hydrogen-bond donors (Lipinski definition) is 1. The quantitative estimate of drug-likeness (QED) is 0.714. The van der Waals surface area contributed by atoms with Gasteiger partial charge in [0, 0.05) is 13.5 Å². The zero-order valence-corrected chi connectivity index (χ0v) is 15.8. The number of aromatic nitrogens is 2. The van der Waals surface area contributed by atoms with E-state index < -0.39 is 35.3 Å². The van der Waals surface area contributed by atoms with Crippen LogP contribution in [0, 0.1) is 11.6 Å². The minimum Gasteiger partial charge on any atom is -0.320 e. The number of benzene rings is 2. The molecule has 150 valence electrons. The molecule has 0 bridgehead atoms. The topological polar surface area (TPSA) is 84.3 Å². The second-order valence-corrected chi connectivity index (χ2v) is 6.22. The highest BCUT2D eigenvalue weighted by Gasteiger charge is 2.21. The van der Waals surface area contributed by atoms with Crippen molar-refractivity contribution in [2.75, 3.05) is 16.8 Å². The van der Waals surface area contributed by atoms with Gasteiger partial charge in [0.15, 0.2) is 0 Å². The predicted octanol–water partition coefficient (Wildman–Crippen LogP) is 2.69. The maximum Gasteiger partial charge on any atom is 0.294 e. The van der Waals surface area contributed by atoms with Gasteiger partial charge in [-0.3, -0.25) is 23.9 Å². The SMILES string of the molecule is CCN(C(C)=O)c1nc2ccccc2n(CC(=O)Nc2c(F)cccc2F)c1=O. The van der Waals surface area contributed by atoms with E-state index in [2.05, 4.69) is 10.3 Å². The molecule has 7 nitrogen and oxygen atoms in total. The molecule has 1 N–H and O–H groups in total. The minimum atomic E-state index is -0.931. The third kappa shape index (κ3) is 3.98. The average molecular weight is 400 g/mol. The molecule has 3 aromatic rings. The van der Waals surface area contributed by atoms with Gasteiger partial charge in [-0.25, -0.2) is 13.8 Å². The molecule has 0 aliphatic carbocycles. The summed E-state index contributed by atoms with van der Waals surface area (Å²) in [5.74, 6) is -3.16. The van der Waals surface area contributed by atoms with Crippen molar-refractivity contribution in [3.05, 3.63) is 64.5 Å². The fraction of sp³-hybridized carbons (Fsp3) is 0.200. The maximum atomic E-state index is 13.8. The molecule has 0 saturated heterocycles. The largest absolute Gasteiger partial charge is 0.320 e. The molecule has 0 radical (unpaired) electrons. The number of nitrogens with zero attached hydrogens (tertiary/aromatic N) is 3. The summed E-state index contributed by atoms with van der Waals surface area (Å²) in [5, 5.41) is 2.15. The van der Waals surface area contributed by atoms with Gasteiger partial charge in [-0.15, -0.1) is 0 Å². The molecule has 0 aliphatic rings. The molecular weight excluding hydrogens is 382 g/mol. The first-order valence-corrected chi connectivity index (χ1v) is 8.85. The fourth-order valence-corrected chi connectivity index (χ4v) is 2.97. The van der Waals surface area contributed by atoms with Crippen LogP contribution in [0.3, 0.4) is 0 Å². The van der Waals surface area contributed by atoms with E-state index in [1.54, 1.807) is 31.2 Å². The number of fused-ring (bicyclic) bond motifs is 1. The summed E-state index contributed by atoms with van der Waals surface area (Å²) in [6.45, 7) is 2.69. The molecule has 0 spiro atoms. The van der Waals surface area contributed by atoms with E-state index in [-0.39, 0.29) is 18.3 Å². The van der Waals surface area contributed by atoms with E-state index in [1.807, 2.05) is 0 Å². The van der Waals surface area contributed by atoms with Crippen LogP contribution in [0.1, 0.15) is 13.8 Å². The predicted molar refractivity (Wildman–Crippen MR) is 105 cm³/mol. The highest BCUT2D eigenvalue weighted by Crippen LogP contribution is 2.19. The number of halogens is 2. The van der Waals surface area contributed by atoms with Crippen LogP contribution in [-0.2, 0) is 16.1 Å². The maximum absolute atomic E-state index is 13.8. The Hall–Kier alpha value is -3.62. The summed E-state index contributed by atoms with van der Waals surface area (Å²) in [6, 6.07) is 9.79. The lowest BCUT2D eigenvalue weighted by Gasteiger charge is -2.19. The summed E-state index contributed by atoms with van der Waals surface area (Å²) < 4.78 is 28.7. The van der Waals surface area contributed by atoms with Crippen molar-refractivity contribution < 1.29 is 18.4 Å². The van der Waals surface area contributed by atoms with Crippen molar-refractivity contribution >= 4 is 34.4 Å². The number of para-hydroxylation sites is 3. The summed E-state index contributed by atoms with van der Waals surface area (Å²) in [5.41, 5.74) is -0.510. The molecule has 0 unspecified atom stereocenters. The van der Waals surface area contributed by atoms with E-state index in [1.165, 1.54) is 17.9 Å². The number of rotatable bonds is 5. The normalized spacial score (nSPS) is 10.8. The van der Waals surface area contributed by atoms with E-state index in [0.717, 1.165) is 16.7 Å². The molecule has 0 fully saturated rings. The number of hydrogen-bond acceptors (Lipinski definition) is 4. The second-order valence-electron chi connectivity index (χ2n) is 6.22. The minimum absolute atomic E-state index is 0.122.